The second kappa shape index (κ2) is 8.13. The maximum atomic E-state index is 14.5. The fourth-order valence-electron chi connectivity index (χ4n) is 4.25. The Morgan fingerprint density at radius 3 is 2.68 bits per heavy atom. The number of aromatic amines is 1. The number of hydrogen-bond acceptors (Lipinski definition) is 4. The number of piperazine rings is 1. The van der Waals surface area contributed by atoms with Crippen molar-refractivity contribution in [2.75, 3.05) is 39.0 Å². The first kappa shape index (κ1) is 19.7. The minimum atomic E-state index is -0.297. The molecule has 3 N–H and O–H groups in total. The van der Waals surface area contributed by atoms with Crippen LogP contribution < -0.4 is 5.73 Å². The van der Waals surface area contributed by atoms with E-state index in [4.69, 9.17) is 5.73 Å². The summed E-state index contributed by atoms with van der Waals surface area (Å²) in [6.07, 6.45) is 3.66. The third kappa shape index (κ3) is 4.04. The number of rotatable bonds is 4. The maximum absolute atomic E-state index is 14.5. The number of nitrogens with zero attached hydrogens (tertiary/aromatic N) is 3. The lowest BCUT2D eigenvalue weighted by Crippen LogP contribution is -2.43. The minimum Gasteiger partial charge on any atom is -0.399 e. The van der Waals surface area contributed by atoms with Crippen molar-refractivity contribution >= 4 is 16.7 Å². The van der Waals surface area contributed by atoms with E-state index >= 15 is 0 Å². The lowest BCUT2D eigenvalue weighted by molar-refractivity contribution is 0.148. The molecule has 31 heavy (non-hydrogen) atoms. The molecule has 2 aromatic heterocycles. The molecule has 158 valence electrons. The fraction of sp³-hybridized carbons (Fsp3) is 0.240. The van der Waals surface area contributed by atoms with Crippen LogP contribution in [-0.4, -0.2) is 53.0 Å². The van der Waals surface area contributed by atoms with Crippen molar-refractivity contribution in [1.82, 2.24) is 19.8 Å². The molecule has 1 fully saturated rings. The zero-order valence-corrected chi connectivity index (χ0v) is 17.6. The van der Waals surface area contributed by atoms with Gasteiger partial charge in [0.05, 0.1) is 0 Å². The Morgan fingerprint density at radius 1 is 1.00 bits per heavy atom. The normalized spacial score (nSPS) is 15.5. The number of halogens is 1. The molecule has 0 unspecified atom stereocenters. The molecule has 0 aliphatic carbocycles. The first-order valence-corrected chi connectivity index (χ1v) is 10.6. The van der Waals surface area contributed by atoms with E-state index in [1.54, 1.807) is 18.3 Å². The van der Waals surface area contributed by atoms with Crippen LogP contribution in [0.4, 0.5) is 10.1 Å². The van der Waals surface area contributed by atoms with Gasteiger partial charge in [-0.1, -0.05) is 18.2 Å². The Morgan fingerprint density at radius 2 is 1.84 bits per heavy atom. The molecule has 1 saturated heterocycles. The fourth-order valence-corrected chi connectivity index (χ4v) is 4.25. The van der Waals surface area contributed by atoms with E-state index in [1.807, 2.05) is 6.20 Å². The van der Waals surface area contributed by atoms with Gasteiger partial charge in [-0.25, -0.2) is 9.37 Å². The largest absolute Gasteiger partial charge is 0.399 e. The summed E-state index contributed by atoms with van der Waals surface area (Å²) in [5.74, 6) is -0.297. The Balaban J connectivity index is 1.47. The average Bonchev–Trinajstić information content (AvgIpc) is 3.20. The number of anilines is 1. The smallest absolute Gasteiger partial charge is 0.137 e. The van der Waals surface area contributed by atoms with E-state index in [-0.39, 0.29) is 5.82 Å². The average molecular weight is 416 g/mol. The van der Waals surface area contributed by atoms with Gasteiger partial charge in [0.2, 0.25) is 0 Å². The molecular weight excluding hydrogens is 389 g/mol. The lowest BCUT2D eigenvalue weighted by Gasteiger charge is -2.32. The van der Waals surface area contributed by atoms with Gasteiger partial charge in [0, 0.05) is 72.9 Å². The van der Waals surface area contributed by atoms with Gasteiger partial charge in [-0.2, -0.15) is 0 Å². The Bertz CT molecular complexity index is 1220. The number of nitrogen functional groups attached to an aromatic ring is 1. The van der Waals surface area contributed by atoms with Gasteiger partial charge in [-0.3, -0.25) is 4.90 Å². The van der Waals surface area contributed by atoms with Crippen molar-refractivity contribution in [2.24, 2.45) is 0 Å². The number of hydrogen-bond donors (Lipinski definition) is 2. The molecule has 1 aliphatic rings. The molecule has 5 nitrogen and oxygen atoms in total. The first-order chi connectivity index (χ1) is 15.1. The van der Waals surface area contributed by atoms with Gasteiger partial charge in [0.1, 0.15) is 11.5 Å². The predicted molar refractivity (Wildman–Crippen MR) is 124 cm³/mol. The molecule has 0 radical (unpaired) electrons. The number of nitrogens with two attached hydrogens (primary N) is 1. The molecule has 2 aromatic carbocycles. The van der Waals surface area contributed by atoms with E-state index in [9.17, 15) is 4.39 Å². The highest BCUT2D eigenvalue weighted by Gasteiger charge is 2.15. The predicted octanol–water partition coefficient (Wildman–Crippen LogP) is 4.37. The van der Waals surface area contributed by atoms with Gasteiger partial charge < -0.3 is 15.6 Å². The molecule has 0 bridgehead atoms. The quantitative estimate of drug-likeness (QED) is 0.486. The number of likely N-dealkylation sites (N-methyl/N-ethyl adjacent to an activating group) is 1. The Hall–Kier alpha value is -3.22. The highest BCUT2D eigenvalue weighted by molar-refractivity contribution is 5.96. The van der Waals surface area contributed by atoms with Crippen molar-refractivity contribution in [1.29, 1.82) is 0 Å². The molecule has 0 amide bonds. The Labute approximate surface area is 181 Å². The van der Waals surface area contributed by atoms with Crippen LogP contribution in [0.3, 0.4) is 0 Å². The number of pyridine rings is 1. The highest BCUT2D eigenvalue weighted by atomic mass is 19.1. The third-order valence-corrected chi connectivity index (χ3v) is 6.07. The second-order valence-corrected chi connectivity index (χ2v) is 8.34. The number of nitrogens with one attached hydrogen (secondary N) is 1. The number of H-pyrrole nitrogens is 1. The summed E-state index contributed by atoms with van der Waals surface area (Å²) < 4.78 is 14.5. The molecular formula is C25H26FN5. The molecule has 0 atom stereocenters. The summed E-state index contributed by atoms with van der Waals surface area (Å²) in [7, 11) is 2.17. The SMILES string of the molecule is CN1CCN(Cc2cccc(-c3cnc4[nH]cc(-c5cc(N)ccc5F)c4c3)c2)CC1. The van der Waals surface area contributed by atoms with Crippen molar-refractivity contribution in [3.8, 4) is 22.3 Å². The molecule has 5 rings (SSSR count). The Kier molecular flexibility index (Phi) is 5.18. The van der Waals surface area contributed by atoms with Crippen LogP contribution in [0.5, 0.6) is 0 Å². The summed E-state index contributed by atoms with van der Waals surface area (Å²) in [5.41, 5.74) is 11.8. The van der Waals surface area contributed by atoms with Gasteiger partial charge in [0.15, 0.2) is 0 Å². The number of benzene rings is 2. The third-order valence-electron chi connectivity index (χ3n) is 6.07. The molecule has 0 saturated carbocycles. The van der Waals surface area contributed by atoms with Crippen LogP contribution in [0.15, 0.2) is 60.9 Å². The first-order valence-electron chi connectivity index (χ1n) is 10.6. The van der Waals surface area contributed by atoms with E-state index in [2.05, 4.69) is 57.1 Å². The lowest BCUT2D eigenvalue weighted by atomic mass is 10.0. The van der Waals surface area contributed by atoms with Gasteiger partial charge >= 0.3 is 0 Å². The van der Waals surface area contributed by atoms with Gasteiger partial charge in [-0.05, 0) is 48.5 Å². The van der Waals surface area contributed by atoms with E-state index in [1.165, 1.54) is 11.6 Å². The van der Waals surface area contributed by atoms with Crippen molar-refractivity contribution < 1.29 is 4.39 Å². The summed E-state index contributed by atoms with van der Waals surface area (Å²) >= 11 is 0. The summed E-state index contributed by atoms with van der Waals surface area (Å²) in [5, 5.41) is 0.881. The van der Waals surface area contributed by atoms with Crippen molar-refractivity contribution in [3.05, 3.63) is 72.3 Å². The zero-order valence-electron chi connectivity index (χ0n) is 17.6. The van der Waals surface area contributed by atoms with Crippen LogP contribution >= 0.6 is 0 Å². The molecule has 6 heteroatoms. The van der Waals surface area contributed by atoms with Crippen LogP contribution in [-0.2, 0) is 6.54 Å². The van der Waals surface area contributed by atoms with Crippen LogP contribution in [0.1, 0.15) is 5.56 Å². The van der Waals surface area contributed by atoms with E-state index in [0.29, 0.717) is 11.3 Å². The monoisotopic (exact) mass is 415 g/mol. The van der Waals surface area contributed by atoms with E-state index in [0.717, 1.165) is 60.4 Å². The molecule has 1 aliphatic heterocycles. The highest BCUT2D eigenvalue weighted by Crippen LogP contribution is 2.33. The van der Waals surface area contributed by atoms with Crippen LogP contribution in [0.25, 0.3) is 33.3 Å². The summed E-state index contributed by atoms with van der Waals surface area (Å²) in [4.78, 5) is 12.6. The topological polar surface area (TPSA) is 61.2 Å². The second-order valence-electron chi connectivity index (χ2n) is 8.34. The zero-order chi connectivity index (χ0) is 21.4. The molecule has 0 spiro atoms. The van der Waals surface area contributed by atoms with Gasteiger partial charge in [0.25, 0.3) is 0 Å². The molecule has 4 aromatic rings. The minimum absolute atomic E-state index is 0.297. The van der Waals surface area contributed by atoms with Gasteiger partial charge in [-0.15, -0.1) is 0 Å². The summed E-state index contributed by atoms with van der Waals surface area (Å²) in [6.45, 7) is 5.34. The number of fused-ring (bicyclic) bond motifs is 1. The molecule has 3 heterocycles. The maximum Gasteiger partial charge on any atom is 0.137 e. The van der Waals surface area contributed by atoms with Crippen molar-refractivity contribution in [3.63, 3.8) is 0 Å². The van der Waals surface area contributed by atoms with Crippen LogP contribution in [0.2, 0.25) is 0 Å². The van der Waals surface area contributed by atoms with Crippen molar-refractivity contribution in [2.45, 2.75) is 6.54 Å². The summed E-state index contributed by atoms with van der Waals surface area (Å²) in [6, 6.07) is 15.3. The number of aromatic nitrogens is 2. The van der Waals surface area contributed by atoms with Crippen LogP contribution in [0, 0.1) is 5.82 Å². The van der Waals surface area contributed by atoms with E-state index < -0.39 is 0 Å². The standard InChI is InChI=1S/C25H26FN5/c1-30-7-9-31(10-8-30)16-17-3-2-4-18(11-17)19-12-22-23(15-29-25(22)28-14-19)21-13-20(27)5-6-24(21)26/h2-6,11-15H,7-10,16,27H2,1H3,(H,28,29).